The molecule has 0 spiro atoms. The van der Waals surface area contributed by atoms with Crippen molar-refractivity contribution in [2.75, 3.05) is 25.1 Å². The summed E-state index contributed by atoms with van der Waals surface area (Å²) in [5, 5.41) is 12.4. The number of ether oxygens (including phenoxy) is 2. The summed E-state index contributed by atoms with van der Waals surface area (Å²) in [6.07, 6.45) is 0.772. The number of anilines is 1. The lowest BCUT2D eigenvalue weighted by molar-refractivity contribution is 0.331. The van der Waals surface area contributed by atoms with Gasteiger partial charge in [0.25, 0.3) is 0 Å². The van der Waals surface area contributed by atoms with Crippen molar-refractivity contribution in [3.05, 3.63) is 18.2 Å². The molecule has 0 saturated carbocycles. The van der Waals surface area contributed by atoms with Crippen LogP contribution in [0, 0.1) is 16.7 Å². The molecule has 4 nitrogen and oxygen atoms in total. The Morgan fingerprint density at radius 2 is 1.90 bits per heavy atom. The summed E-state index contributed by atoms with van der Waals surface area (Å²) >= 11 is 0. The fourth-order valence-electron chi connectivity index (χ4n) is 1.75. The zero-order chi connectivity index (χ0) is 15.0. The lowest BCUT2D eigenvalue weighted by atomic mass is 9.91. The average Bonchev–Trinajstić information content (AvgIpc) is 2.42. The lowest BCUT2D eigenvalue weighted by Gasteiger charge is -2.18. The minimum absolute atomic E-state index is 0.323. The van der Waals surface area contributed by atoms with E-state index in [-0.39, 0.29) is 5.41 Å². The number of rotatable bonds is 8. The van der Waals surface area contributed by atoms with Crippen molar-refractivity contribution in [2.45, 2.75) is 34.1 Å². The van der Waals surface area contributed by atoms with Crippen LogP contribution in [0.4, 0.5) is 5.69 Å². The van der Waals surface area contributed by atoms with Crippen LogP contribution in [0.25, 0.3) is 0 Å². The highest BCUT2D eigenvalue weighted by Gasteiger charge is 2.16. The van der Waals surface area contributed by atoms with Crippen LogP contribution in [-0.2, 0) is 0 Å². The minimum Gasteiger partial charge on any atom is -0.494 e. The third kappa shape index (κ3) is 5.00. The van der Waals surface area contributed by atoms with Crippen LogP contribution >= 0.6 is 0 Å². The fraction of sp³-hybridized carbons (Fsp3) is 0.562. The van der Waals surface area contributed by atoms with Crippen LogP contribution in [0.2, 0.25) is 0 Å². The molecule has 1 aromatic carbocycles. The maximum atomic E-state index is 9.02. The van der Waals surface area contributed by atoms with Gasteiger partial charge >= 0.3 is 0 Å². The molecule has 0 aliphatic heterocycles. The van der Waals surface area contributed by atoms with Gasteiger partial charge in [-0.25, -0.2) is 0 Å². The number of nitriles is 1. The van der Waals surface area contributed by atoms with E-state index in [1.165, 1.54) is 0 Å². The monoisotopic (exact) mass is 276 g/mol. The van der Waals surface area contributed by atoms with Crippen molar-refractivity contribution >= 4 is 5.69 Å². The summed E-state index contributed by atoms with van der Waals surface area (Å²) < 4.78 is 11.1. The highest BCUT2D eigenvalue weighted by Crippen LogP contribution is 2.30. The van der Waals surface area contributed by atoms with Crippen LogP contribution in [-0.4, -0.2) is 19.8 Å². The van der Waals surface area contributed by atoms with Gasteiger partial charge in [-0.05, 0) is 46.2 Å². The van der Waals surface area contributed by atoms with Crippen molar-refractivity contribution in [3.63, 3.8) is 0 Å². The van der Waals surface area contributed by atoms with E-state index in [9.17, 15) is 0 Å². The number of nitrogens with zero attached hydrogens (tertiary/aromatic N) is 1. The molecule has 0 bridgehead atoms. The van der Waals surface area contributed by atoms with E-state index in [0.29, 0.717) is 13.2 Å². The van der Waals surface area contributed by atoms with Gasteiger partial charge in [0.2, 0.25) is 0 Å². The molecule has 1 N–H and O–H groups in total. The molecule has 0 aliphatic carbocycles. The van der Waals surface area contributed by atoms with Crippen molar-refractivity contribution in [1.29, 1.82) is 5.26 Å². The van der Waals surface area contributed by atoms with E-state index in [1.54, 1.807) is 0 Å². The molecular weight excluding hydrogens is 252 g/mol. The van der Waals surface area contributed by atoms with Crippen molar-refractivity contribution in [2.24, 2.45) is 5.41 Å². The van der Waals surface area contributed by atoms with E-state index in [4.69, 9.17) is 14.7 Å². The predicted octanol–water partition coefficient (Wildman–Crippen LogP) is 3.84. The normalized spacial score (nSPS) is 10.8. The van der Waals surface area contributed by atoms with Gasteiger partial charge in [-0.15, -0.1) is 0 Å². The Morgan fingerprint density at radius 1 is 1.20 bits per heavy atom. The molecule has 0 aliphatic rings. The summed E-state index contributed by atoms with van der Waals surface area (Å²) in [6.45, 7) is 9.76. The molecule has 0 amide bonds. The number of hydrogen-bond acceptors (Lipinski definition) is 4. The van der Waals surface area contributed by atoms with Gasteiger partial charge in [0.15, 0.2) is 0 Å². The van der Waals surface area contributed by atoms with Gasteiger partial charge in [-0.3, -0.25) is 0 Å². The molecule has 0 saturated heterocycles. The quantitative estimate of drug-likeness (QED) is 0.784. The van der Waals surface area contributed by atoms with Crippen molar-refractivity contribution < 1.29 is 9.47 Å². The molecule has 20 heavy (non-hydrogen) atoms. The third-order valence-electron chi connectivity index (χ3n) is 2.93. The van der Waals surface area contributed by atoms with Gasteiger partial charge in [0.05, 0.1) is 30.4 Å². The smallest absolute Gasteiger partial charge is 0.142 e. The van der Waals surface area contributed by atoms with Crippen molar-refractivity contribution in [3.8, 4) is 17.6 Å². The van der Waals surface area contributed by atoms with Gasteiger partial charge in [0, 0.05) is 12.6 Å². The molecule has 0 atom stereocenters. The first kappa shape index (κ1) is 16.2. The van der Waals surface area contributed by atoms with Crippen LogP contribution in [0.3, 0.4) is 0 Å². The van der Waals surface area contributed by atoms with Gasteiger partial charge in [0.1, 0.15) is 11.5 Å². The Kier molecular flexibility index (Phi) is 6.17. The van der Waals surface area contributed by atoms with E-state index in [1.807, 2.05) is 45.9 Å². The van der Waals surface area contributed by atoms with Gasteiger partial charge < -0.3 is 14.8 Å². The second kappa shape index (κ2) is 7.64. The van der Waals surface area contributed by atoms with Crippen LogP contribution in [0.15, 0.2) is 18.2 Å². The number of hydrogen-bond donors (Lipinski definition) is 1. The fourth-order valence-corrected chi connectivity index (χ4v) is 1.75. The Balaban J connectivity index is 2.74. The average molecular weight is 276 g/mol. The zero-order valence-corrected chi connectivity index (χ0v) is 12.8. The largest absolute Gasteiger partial charge is 0.494 e. The summed E-state index contributed by atoms with van der Waals surface area (Å²) in [6, 6.07) is 8.05. The standard InChI is InChI=1S/C16H24N2O2/c1-5-19-13-7-8-15(20-6-2)14(11-13)18-10-9-16(3,4)12-17/h7-8,11,18H,5-6,9-10H2,1-4H3. The van der Waals surface area contributed by atoms with E-state index in [0.717, 1.165) is 30.2 Å². The highest BCUT2D eigenvalue weighted by atomic mass is 16.5. The zero-order valence-electron chi connectivity index (χ0n) is 12.8. The van der Waals surface area contributed by atoms with Gasteiger partial charge in [-0.2, -0.15) is 5.26 Å². The Hall–Kier alpha value is -1.89. The first-order valence-corrected chi connectivity index (χ1v) is 7.07. The first-order chi connectivity index (χ1) is 9.52. The summed E-state index contributed by atoms with van der Waals surface area (Å²) in [4.78, 5) is 0. The maximum absolute atomic E-state index is 9.02. The molecule has 0 unspecified atom stereocenters. The van der Waals surface area contributed by atoms with Crippen LogP contribution < -0.4 is 14.8 Å². The van der Waals surface area contributed by atoms with E-state index < -0.39 is 0 Å². The Morgan fingerprint density at radius 3 is 2.50 bits per heavy atom. The second-order valence-corrected chi connectivity index (χ2v) is 5.20. The molecule has 1 rings (SSSR count). The molecule has 110 valence electrons. The molecule has 4 heteroatoms. The van der Waals surface area contributed by atoms with Gasteiger partial charge in [-0.1, -0.05) is 0 Å². The van der Waals surface area contributed by atoms with E-state index in [2.05, 4.69) is 11.4 Å². The third-order valence-corrected chi connectivity index (χ3v) is 2.93. The first-order valence-electron chi connectivity index (χ1n) is 7.07. The maximum Gasteiger partial charge on any atom is 0.142 e. The van der Waals surface area contributed by atoms with Crippen LogP contribution in [0.1, 0.15) is 34.1 Å². The lowest BCUT2D eigenvalue weighted by Crippen LogP contribution is -2.15. The topological polar surface area (TPSA) is 54.3 Å². The summed E-state index contributed by atoms with van der Waals surface area (Å²) in [7, 11) is 0. The SMILES string of the molecule is CCOc1ccc(OCC)c(NCCC(C)(C)C#N)c1. The summed E-state index contributed by atoms with van der Waals surface area (Å²) in [5.41, 5.74) is 0.586. The Bertz CT molecular complexity index is 464. The molecule has 1 aromatic rings. The predicted molar refractivity (Wildman–Crippen MR) is 81.3 cm³/mol. The number of nitrogens with one attached hydrogen (secondary N) is 1. The number of benzene rings is 1. The minimum atomic E-state index is -0.323. The summed E-state index contributed by atoms with van der Waals surface area (Å²) in [5.74, 6) is 1.63. The molecule has 0 aromatic heterocycles. The molecule has 0 heterocycles. The molecular formula is C16H24N2O2. The van der Waals surface area contributed by atoms with Crippen LogP contribution in [0.5, 0.6) is 11.5 Å². The Labute approximate surface area is 121 Å². The van der Waals surface area contributed by atoms with E-state index >= 15 is 0 Å². The van der Waals surface area contributed by atoms with Crippen molar-refractivity contribution in [1.82, 2.24) is 0 Å². The highest BCUT2D eigenvalue weighted by molar-refractivity contribution is 5.59. The molecule has 0 fully saturated rings. The second-order valence-electron chi connectivity index (χ2n) is 5.20. The molecule has 0 radical (unpaired) electrons.